The number of aryl methyl sites for hydroxylation is 1. The van der Waals surface area contributed by atoms with Crippen LogP contribution in [0.2, 0.25) is 10.0 Å². The van der Waals surface area contributed by atoms with E-state index in [9.17, 15) is 26.4 Å². The Labute approximate surface area is 188 Å². The first-order valence-corrected chi connectivity index (χ1v) is 11.5. The molecule has 11 heteroatoms. The highest BCUT2D eigenvalue weighted by Gasteiger charge is 2.37. The van der Waals surface area contributed by atoms with E-state index in [0.717, 1.165) is 22.0 Å². The van der Waals surface area contributed by atoms with E-state index in [1.54, 1.807) is 18.2 Å². The lowest BCUT2D eigenvalue weighted by atomic mass is 9.97. The van der Waals surface area contributed by atoms with E-state index in [0.29, 0.717) is 16.8 Å². The number of hydrogen-bond acceptors (Lipinski definition) is 3. The largest absolute Gasteiger partial charge is 0.417 e. The van der Waals surface area contributed by atoms with Gasteiger partial charge in [-0.05, 0) is 55.7 Å². The normalized spacial score (nSPS) is 16.3. The van der Waals surface area contributed by atoms with E-state index < -0.39 is 37.6 Å². The second-order valence-electron chi connectivity index (χ2n) is 7.27. The standard InChI is InChI=1S/C20H19Cl2F3N2O3S/c1-12-2-3-14(21)10-18(12)26-19(28)13-6-8-27(9-7-13)31(29,30)15-4-5-17(22)16(11-15)20(23,24)25/h2-5,10-11,13H,6-9H2,1H3,(H,26,28). The van der Waals surface area contributed by atoms with Crippen LogP contribution in [0.4, 0.5) is 18.9 Å². The lowest BCUT2D eigenvalue weighted by Gasteiger charge is -2.30. The second kappa shape index (κ2) is 8.97. The molecule has 5 nitrogen and oxygen atoms in total. The molecule has 168 valence electrons. The highest BCUT2D eigenvalue weighted by molar-refractivity contribution is 7.89. The number of nitrogens with zero attached hydrogens (tertiary/aromatic N) is 1. The summed E-state index contributed by atoms with van der Waals surface area (Å²) in [4.78, 5) is 12.1. The molecule has 1 fully saturated rings. The predicted octanol–water partition coefficient (Wildman–Crippen LogP) is 5.36. The van der Waals surface area contributed by atoms with Gasteiger partial charge >= 0.3 is 6.18 Å². The number of anilines is 1. The molecule has 0 unspecified atom stereocenters. The van der Waals surface area contributed by atoms with E-state index in [2.05, 4.69) is 5.32 Å². The average Bonchev–Trinajstić information content (AvgIpc) is 2.70. The smallest absolute Gasteiger partial charge is 0.326 e. The zero-order valence-electron chi connectivity index (χ0n) is 16.3. The molecular weight excluding hydrogens is 476 g/mol. The topological polar surface area (TPSA) is 66.5 Å². The number of rotatable bonds is 4. The number of benzene rings is 2. The molecule has 1 saturated heterocycles. The van der Waals surface area contributed by atoms with Gasteiger partial charge in [0.2, 0.25) is 15.9 Å². The summed E-state index contributed by atoms with van der Waals surface area (Å²) in [6.45, 7) is 1.85. The molecule has 2 aromatic carbocycles. The van der Waals surface area contributed by atoms with Gasteiger partial charge in [0.25, 0.3) is 0 Å². The van der Waals surface area contributed by atoms with Crippen molar-refractivity contribution in [3.8, 4) is 0 Å². The van der Waals surface area contributed by atoms with Crippen LogP contribution >= 0.6 is 23.2 Å². The van der Waals surface area contributed by atoms with E-state index in [-0.39, 0.29) is 31.8 Å². The highest BCUT2D eigenvalue weighted by Crippen LogP contribution is 2.37. The van der Waals surface area contributed by atoms with Crippen LogP contribution in [0.5, 0.6) is 0 Å². The molecule has 1 heterocycles. The first kappa shape index (κ1) is 23.8. The maximum Gasteiger partial charge on any atom is 0.417 e. The second-order valence-corrected chi connectivity index (χ2v) is 10.0. The van der Waals surface area contributed by atoms with Crippen LogP contribution in [0.1, 0.15) is 24.0 Å². The number of nitrogens with one attached hydrogen (secondary N) is 1. The fourth-order valence-corrected chi connectivity index (χ4v) is 5.25. The van der Waals surface area contributed by atoms with Gasteiger partial charge in [-0.25, -0.2) is 8.42 Å². The van der Waals surface area contributed by atoms with Crippen molar-refractivity contribution in [2.75, 3.05) is 18.4 Å². The first-order valence-electron chi connectivity index (χ1n) is 9.33. The molecule has 1 N–H and O–H groups in total. The Balaban J connectivity index is 1.70. The van der Waals surface area contributed by atoms with Gasteiger partial charge in [0.1, 0.15) is 0 Å². The summed E-state index contributed by atoms with van der Waals surface area (Å²) in [6, 6.07) is 7.62. The molecule has 1 aliphatic heterocycles. The van der Waals surface area contributed by atoms with Gasteiger partial charge < -0.3 is 5.32 Å². The molecule has 0 aromatic heterocycles. The molecule has 3 rings (SSSR count). The molecule has 1 aliphatic rings. The van der Waals surface area contributed by atoms with Gasteiger partial charge in [-0.3, -0.25) is 4.79 Å². The number of carbonyl (C=O) groups excluding carboxylic acids is 1. The van der Waals surface area contributed by atoms with Gasteiger partial charge in [0.05, 0.1) is 15.5 Å². The average molecular weight is 495 g/mol. The minimum atomic E-state index is -4.77. The molecule has 0 saturated carbocycles. The van der Waals surface area contributed by atoms with Crippen LogP contribution in [-0.2, 0) is 21.0 Å². The Kier molecular flexibility index (Phi) is 6.90. The molecule has 0 atom stereocenters. The van der Waals surface area contributed by atoms with Crippen LogP contribution in [-0.4, -0.2) is 31.7 Å². The summed E-state index contributed by atoms with van der Waals surface area (Å²) in [5, 5.41) is 2.71. The van der Waals surface area contributed by atoms with Crippen LogP contribution in [0, 0.1) is 12.8 Å². The number of carbonyl (C=O) groups is 1. The molecule has 0 aliphatic carbocycles. The molecule has 0 spiro atoms. The van der Waals surface area contributed by atoms with Crippen molar-refractivity contribution in [3.05, 3.63) is 57.6 Å². The van der Waals surface area contributed by atoms with Crippen molar-refractivity contribution in [1.29, 1.82) is 0 Å². The van der Waals surface area contributed by atoms with Gasteiger partial charge in [-0.15, -0.1) is 0 Å². The maximum absolute atomic E-state index is 13.1. The number of amides is 1. The van der Waals surface area contributed by atoms with Crippen molar-refractivity contribution in [1.82, 2.24) is 4.31 Å². The zero-order valence-corrected chi connectivity index (χ0v) is 18.7. The number of hydrogen-bond donors (Lipinski definition) is 1. The van der Waals surface area contributed by atoms with Crippen LogP contribution in [0.3, 0.4) is 0 Å². The third-order valence-electron chi connectivity index (χ3n) is 5.16. The monoisotopic (exact) mass is 494 g/mol. The van der Waals surface area contributed by atoms with E-state index in [1.807, 2.05) is 6.92 Å². The summed E-state index contributed by atoms with van der Waals surface area (Å²) in [7, 11) is -4.16. The molecule has 2 aromatic rings. The minimum Gasteiger partial charge on any atom is -0.326 e. The van der Waals surface area contributed by atoms with E-state index in [4.69, 9.17) is 23.2 Å². The van der Waals surface area contributed by atoms with Crippen molar-refractivity contribution in [2.45, 2.75) is 30.8 Å². The Hall–Kier alpha value is -1.81. The van der Waals surface area contributed by atoms with Crippen molar-refractivity contribution in [3.63, 3.8) is 0 Å². The van der Waals surface area contributed by atoms with Crippen molar-refractivity contribution in [2.24, 2.45) is 5.92 Å². The Morgan fingerprint density at radius 3 is 2.35 bits per heavy atom. The fourth-order valence-electron chi connectivity index (χ4n) is 3.35. The molecule has 0 radical (unpaired) electrons. The summed E-state index contributed by atoms with van der Waals surface area (Å²) < 4.78 is 66.0. The Bertz CT molecular complexity index is 1100. The quantitative estimate of drug-likeness (QED) is 0.621. The third kappa shape index (κ3) is 5.34. The van der Waals surface area contributed by atoms with Crippen molar-refractivity contribution >= 4 is 44.8 Å². The predicted molar refractivity (Wildman–Crippen MR) is 113 cm³/mol. The fraction of sp³-hybridized carbons (Fsp3) is 0.350. The third-order valence-corrected chi connectivity index (χ3v) is 7.62. The summed E-state index contributed by atoms with van der Waals surface area (Å²) >= 11 is 11.5. The number of sulfonamides is 1. The van der Waals surface area contributed by atoms with Crippen LogP contribution < -0.4 is 5.32 Å². The summed E-state index contributed by atoms with van der Waals surface area (Å²) in [5.74, 6) is -0.686. The van der Waals surface area contributed by atoms with E-state index >= 15 is 0 Å². The Morgan fingerprint density at radius 1 is 1.10 bits per heavy atom. The molecular formula is C20H19Cl2F3N2O3S. The van der Waals surface area contributed by atoms with Gasteiger partial charge in [0, 0.05) is 29.7 Å². The number of halogens is 5. The van der Waals surface area contributed by atoms with Gasteiger partial charge in [-0.2, -0.15) is 17.5 Å². The SMILES string of the molecule is Cc1ccc(Cl)cc1NC(=O)C1CCN(S(=O)(=O)c2ccc(Cl)c(C(F)(F)F)c2)CC1. The van der Waals surface area contributed by atoms with Crippen LogP contribution in [0.25, 0.3) is 0 Å². The van der Waals surface area contributed by atoms with Crippen molar-refractivity contribution < 1.29 is 26.4 Å². The maximum atomic E-state index is 13.1. The summed E-state index contributed by atoms with van der Waals surface area (Å²) in [6.07, 6.45) is -4.29. The lowest BCUT2D eigenvalue weighted by Crippen LogP contribution is -2.41. The van der Waals surface area contributed by atoms with Gasteiger partial charge in [-0.1, -0.05) is 29.3 Å². The highest BCUT2D eigenvalue weighted by atomic mass is 35.5. The van der Waals surface area contributed by atoms with Crippen LogP contribution in [0.15, 0.2) is 41.3 Å². The number of alkyl halides is 3. The molecule has 1 amide bonds. The number of piperidine rings is 1. The first-order chi connectivity index (χ1) is 14.4. The lowest BCUT2D eigenvalue weighted by molar-refractivity contribution is -0.137. The Morgan fingerprint density at radius 2 is 1.74 bits per heavy atom. The summed E-state index contributed by atoms with van der Waals surface area (Å²) in [5.41, 5.74) is 0.204. The minimum absolute atomic E-state index is 0.0128. The van der Waals surface area contributed by atoms with E-state index in [1.165, 1.54) is 0 Å². The molecule has 31 heavy (non-hydrogen) atoms. The molecule has 0 bridgehead atoms. The van der Waals surface area contributed by atoms with Gasteiger partial charge in [0.15, 0.2) is 0 Å². The zero-order chi connectivity index (χ0) is 23.0.